The monoisotopic (exact) mass is 309 g/mol. The van der Waals surface area contributed by atoms with E-state index >= 15 is 0 Å². The normalized spacial score (nSPS) is 13.9. The third-order valence-electron chi connectivity index (χ3n) is 4.12. The van der Waals surface area contributed by atoms with Crippen molar-refractivity contribution in [1.29, 1.82) is 0 Å². The van der Waals surface area contributed by atoms with Crippen molar-refractivity contribution in [2.45, 2.75) is 26.2 Å². The molecule has 1 saturated heterocycles. The molecule has 0 unspecified atom stereocenters. The maximum Gasteiger partial charge on any atom is 0.224 e. The van der Waals surface area contributed by atoms with Crippen molar-refractivity contribution in [2.75, 3.05) is 28.6 Å². The highest BCUT2D eigenvalue weighted by Crippen LogP contribution is 2.24. The second-order valence-electron chi connectivity index (χ2n) is 5.85. The molecule has 1 aliphatic heterocycles. The van der Waals surface area contributed by atoms with Gasteiger partial charge in [-0.3, -0.25) is 4.79 Å². The van der Waals surface area contributed by atoms with Gasteiger partial charge in [0.2, 0.25) is 5.91 Å². The summed E-state index contributed by atoms with van der Waals surface area (Å²) in [6.45, 7) is 4.17. The fraction of sp³-hybridized carbons (Fsp3) is 0.316. The number of anilines is 4. The molecule has 0 spiro atoms. The Bertz CT molecular complexity index is 643. The van der Waals surface area contributed by atoms with Crippen molar-refractivity contribution in [1.82, 2.24) is 0 Å². The second kappa shape index (κ2) is 7.18. The Balaban J connectivity index is 1.61. The van der Waals surface area contributed by atoms with E-state index in [-0.39, 0.29) is 5.91 Å². The first-order valence-corrected chi connectivity index (χ1v) is 8.26. The molecule has 1 heterocycles. The van der Waals surface area contributed by atoms with E-state index in [9.17, 15) is 4.79 Å². The van der Waals surface area contributed by atoms with E-state index < -0.39 is 0 Å². The Morgan fingerprint density at radius 3 is 2.00 bits per heavy atom. The fourth-order valence-corrected chi connectivity index (χ4v) is 2.78. The van der Waals surface area contributed by atoms with Crippen molar-refractivity contribution >= 4 is 28.7 Å². The van der Waals surface area contributed by atoms with Gasteiger partial charge in [0.1, 0.15) is 0 Å². The summed E-state index contributed by atoms with van der Waals surface area (Å²) in [5.41, 5.74) is 4.20. The summed E-state index contributed by atoms with van der Waals surface area (Å²) in [6, 6.07) is 16.3. The number of nitrogens with zero attached hydrogens (tertiary/aromatic N) is 1. The molecular formula is C19H23N3O. The molecule has 3 rings (SSSR count). The number of nitrogens with one attached hydrogen (secondary N) is 2. The Labute approximate surface area is 137 Å². The molecular weight excluding hydrogens is 286 g/mol. The Morgan fingerprint density at radius 1 is 0.913 bits per heavy atom. The fourth-order valence-electron chi connectivity index (χ4n) is 2.78. The first-order chi connectivity index (χ1) is 11.2. The lowest BCUT2D eigenvalue weighted by molar-refractivity contribution is -0.115. The highest BCUT2D eigenvalue weighted by Gasteiger charge is 2.11. The molecule has 2 aromatic rings. The molecule has 0 aromatic heterocycles. The minimum Gasteiger partial charge on any atom is -0.372 e. The lowest BCUT2D eigenvalue weighted by Crippen LogP contribution is -2.17. The number of hydrogen-bond acceptors (Lipinski definition) is 3. The molecule has 1 aliphatic rings. The first kappa shape index (κ1) is 15.4. The number of benzene rings is 2. The molecule has 2 aromatic carbocycles. The highest BCUT2D eigenvalue weighted by atomic mass is 16.1. The molecule has 120 valence electrons. The number of amides is 1. The van der Waals surface area contributed by atoms with Crippen LogP contribution in [0.5, 0.6) is 0 Å². The molecule has 1 fully saturated rings. The number of rotatable bonds is 5. The van der Waals surface area contributed by atoms with Crippen LogP contribution in [0.2, 0.25) is 0 Å². The topological polar surface area (TPSA) is 44.4 Å². The molecule has 0 saturated carbocycles. The van der Waals surface area contributed by atoms with E-state index in [1.54, 1.807) is 0 Å². The lowest BCUT2D eigenvalue weighted by atomic mass is 10.2. The summed E-state index contributed by atoms with van der Waals surface area (Å²) in [7, 11) is 0. The molecule has 4 nitrogen and oxygen atoms in total. The van der Waals surface area contributed by atoms with Gasteiger partial charge in [0.15, 0.2) is 0 Å². The van der Waals surface area contributed by atoms with E-state index in [0.29, 0.717) is 6.42 Å². The molecule has 2 N–H and O–H groups in total. The highest BCUT2D eigenvalue weighted by molar-refractivity contribution is 5.90. The summed E-state index contributed by atoms with van der Waals surface area (Å²) in [5, 5.41) is 6.23. The van der Waals surface area contributed by atoms with Crippen molar-refractivity contribution < 1.29 is 4.79 Å². The van der Waals surface area contributed by atoms with Gasteiger partial charge in [-0.1, -0.05) is 6.92 Å². The Morgan fingerprint density at radius 2 is 1.43 bits per heavy atom. The van der Waals surface area contributed by atoms with Crippen LogP contribution >= 0.6 is 0 Å². The summed E-state index contributed by atoms with van der Waals surface area (Å²) < 4.78 is 0. The lowest BCUT2D eigenvalue weighted by Gasteiger charge is -2.18. The van der Waals surface area contributed by atoms with Crippen LogP contribution in [0.1, 0.15) is 26.2 Å². The van der Waals surface area contributed by atoms with E-state index in [1.807, 2.05) is 31.2 Å². The van der Waals surface area contributed by atoms with Crippen LogP contribution in [0.4, 0.5) is 22.7 Å². The van der Waals surface area contributed by atoms with Gasteiger partial charge in [-0.05, 0) is 61.4 Å². The van der Waals surface area contributed by atoms with Crippen molar-refractivity contribution in [3.05, 3.63) is 48.5 Å². The Hall–Kier alpha value is -2.49. The second-order valence-corrected chi connectivity index (χ2v) is 5.85. The maximum atomic E-state index is 11.4. The summed E-state index contributed by atoms with van der Waals surface area (Å²) in [4.78, 5) is 13.8. The van der Waals surface area contributed by atoms with Gasteiger partial charge in [-0.15, -0.1) is 0 Å². The molecule has 0 radical (unpaired) electrons. The van der Waals surface area contributed by atoms with Crippen LogP contribution in [0.15, 0.2) is 48.5 Å². The number of carbonyl (C=O) groups is 1. The van der Waals surface area contributed by atoms with Crippen molar-refractivity contribution in [3.63, 3.8) is 0 Å². The van der Waals surface area contributed by atoms with E-state index in [4.69, 9.17) is 0 Å². The third kappa shape index (κ3) is 4.03. The molecule has 1 amide bonds. The molecule has 0 atom stereocenters. The van der Waals surface area contributed by atoms with Gasteiger partial charge < -0.3 is 15.5 Å². The average molecular weight is 309 g/mol. The van der Waals surface area contributed by atoms with Gasteiger partial charge >= 0.3 is 0 Å². The third-order valence-corrected chi connectivity index (χ3v) is 4.12. The van der Waals surface area contributed by atoms with Gasteiger partial charge in [-0.25, -0.2) is 0 Å². The van der Waals surface area contributed by atoms with Crippen LogP contribution < -0.4 is 15.5 Å². The number of hydrogen-bond donors (Lipinski definition) is 2. The SMILES string of the molecule is CCC(=O)Nc1ccc(Nc2ccc(N3CCCC3)cc2)cc1. The minimum absolute atomic E-state index is 0.0308. The Kier molecular flexibility index (Phi) is 4.81. The largest absolute Gasteiger partial charge is 0.372 e. The van der Waals surface area contributed by atoms with E-state index in [0.717, 1.165) is 30.2 Å². The summed E-state index contributed by atoms with van der Waals surface area (Å²) in [5.74, 6) is 0.0308. The van der Waals surface area contributed by atoms with Crippen LogP contribution in [0.3, 0.4) is 0 Å². The molecule has 0 aliphatic carbocycles. The zero-order valence-electron chi connectivity index (χ0n) is 13.5. The molecule has 23 heavy (non-hydrogen) atoms. The summed E-state index contributed by atoms with van der Waals surface area (Å²) in [6.07, 6.45) is 3.07. The van der Waals surface area contributed by atoms with Gasteiger partial charge in [0.05, 0.1) is 0 Å². The smallest absolute Gasteiger partial charge is 0.224 e. The van der Waals surface area contributed by atoms with Crippen LogP contribution in [0, 0.1) is 0 Å². The van der Waals surface area contributed by atoms with Crippen molar-refractivity contribution in [2.24, 2.45) is 0 Å². The predicted molar refractivity (Wildman–Crippen MR) is 96.5 cm³/mol. The van der Waals surface area contributed by atoms with Crippen LogP contribution in [-0.2, 0) is 4.79 Å². The average Bonchev–Trinajstić information content (AvgIpc) is 3.12. The van der Waals surface area contributed by atoms with Gasteiger partial charge in [-0.2, -0.15) is 0 Å². The van der Waals surface area contributed by atoms with E-state index in [2.05, 4.69) is 39.8 Å². The molecule has 0 bridgehead atoms. The first-order valence-electron chi connectivity index (χ1n) is 8.26. The van der Waals surface area contributed by atoms with Crippen LogP contribution in [-0.4, -0.2) is 19.0 Å². The standard InChI is InChI=1S/C19H23N3O/c1-2-19(23)21-17-7-5-15(6-8-17)20-16-9-11-18(12-10-16)22-13-3-4-14-22/h5-12,20H,2-4,13-14H2,1H3,(H,21,23). The van der Waals surface area contributed by atoms with Crippen molar-refractivity contribution in [3.8, 4) is 0 Å². The quantitative estimate of drug-likeness (QED) is 0.861. The minimum atomic E-state index is 0.0308. The summed E-state index contributed by atoms with van der Waals surface area (Å²) >= 11 is 0. The van der Waals surface area contributed by atoms with Crippen LogP contribution in [0.25, 0.3) is 0 Å². The predicted octanol–water partition coefficient (Wildman–Crippen LogP) is 4.38. The molecule has 4 heteroatoms. The van der Waals surface area contributed by atoms with Gasteiger partial charge in [0.25, 0.3) is 0 Å². The number of carbonyl (C=O) groups excluding carboxylic acids is 1. The zero-order valence-corrected chi connectivity index (χ0v) is 13.5. The zero-order chi connectivity index (χ0) is 16.1. The maximum absolute atomic E-state index is 11.4. The van der Waals surface area contributed by atoms with Gasteiger partial charge in [0, 0.05) is 42.3 Å². The van der Waals surface area contributed by atoms with E-state index in [1.165, 1.54) is 18.5 Å².